The van der Waals surface area contributed by atoms with Crippen molar-refractivity contribution in [2.45, 2.75) is 12.8 Å². The van der Waals surface area contributed by atoms with Crippen LogP contribution in [0.2, 0.25) is 0 Å². The van der Waals surface area contributed by atoms with E-state index in [0.29, 0.717) is 6.42 Å². The first kappa shape index (κ1) is 11.6. The van der Waals surface area contributed by atoms with E-state index >= 15 is 0 Å². The maximum Gasteiger partial charge on any atom is 0.222 e. The first-order chi connectivity index (χ1) is 7.20. The molecule has 3 heteroatoms. The van der Waals surface area contributed by atoms with Crippen LogP contribution in [0, 0.1) is 0 Å². The molecule has 1 amide bonds. The SMILES string of the molecule is CN(C)C(=O)CCCNc1ccccc1. The number of nitrogens with zero attached hydrogens (tertiary/aromatic N) is 1. The molecule has 1 aromatic rings. The zero-order valence-electron chi connectivity index (χ0n) is 9.36. The van der Waals surface area contributed by atoms with E-state index in [0.717, 1.165) is 18.7 Å². The Kier molecular flexibility index (Phi) is 4.68. The van der Waals surface area contributed by atoms with Gasteiger partial charge in [-0.1, -0.05) is 18.2 Å². The predicted octanol–water partition coefficient (Wildman–Crippen LogP) is 1.97. The zero-order valence-corrected chi connectivity index (χ0v) is 9.36. The summed E-state index contributed by atoms with van der Waals surface area (Å²) in [5, 5.41) is 3.27. The van der Waals surface area contributed by atoms with Gasteiger partial charge in [-0.3, -0.25) is 4.79 Å². The zero-order chi connectivity index (χ0) is 11.1. The average Bonchev–Trinajstić information content (AvgIpc) is 2.25. The Balaban J connectivity index is 2.15. The maximum atomic E-state index is 11.3. The molecule has 0 aliphatic heterocycles. The molecule has 0 atom stereocenters. The van der Waals surface area contributed by atoms with Gasteiger partial charge in [0, 0.05) is 32.7 Å². The lowest BCUT2D eigenvalue weighted by Gasteiger charge is -2.10. The van der Waals surface area contributed by atoms with Crippen LogP contribution in [-0.2, 0) is 4.79 Å². The molecule has 82 valence electrons. The smallest absolute Gasteiger partial charge is 0.222 e. The summed E-state index contributed by atoms with van der Waals surface area (Å²) in [6.45, 7) is 0.837. The fraction of sp³-hybridized carbons (Fsp3) is 0.417. The van der Waals surface area contributed by atoms with Gasteiger partial charge >= 0.3 is 0 Å². The van der Waals surface area contributed by atoms with Crippen molar-refractivity contribution >= 4 is 11.6 Å². The van der Waals surface area contributed by atoms with E-state index in [1.54, 1.807) is 19.0 Å². The number of anilines is 1. The van der Waals surface area contributed by atoms with Crippen LogP contribution in [0.1, 0.15) is 12.8 Å². The van der Waals surface area contributed by atoms with Crippen LogP contribution in [0.25, 0.3) is 0 Å². The molecule has 1 rings (SSSR count). The summed E-state index contributed by atoms with van der Waals surface area (Å²) in [7, 11) is 3.57. The van der Waals surface area contributed by atoms with E-state index in [2.05, 4.69) is 5.32 Å². The van der Waals surface area contributed by atoms with Gasteiger partial charge in [0.1, 0.15) is 0 Å². The Morgan fingerprint density at radius 1 is 1.27 bits per heavy atom. The van der Waals surface area contributed by atoms with Crippen LogP contribution in [0.15, 0.2) is 30.3 Å². The molecule has 15 heavy (non-hydrogen) atoms. The molecular formula is C12H18N2O. The average molecular weight is 206 g/mol. The van der Waals surface area contributed by atoms with Gasteiger partial charge in [0.05, 0.1) is 0 Å². The Bertz CT molecular complexity index is 296. The molecule has 0 aliphatic rings. The molecule has 1 aromatic carbocycles. The molecule has 0 radical (unpaired) electrons. The topological polar surface area (TPSA) is 32.3 Å². The van der Waals surface area contributed by atoms with Crippen molar-refractivity contribution in [2.75, 3.05) is 26.0 Å². The minimum Gasteiger partial charge on any atom is -0.385 e. The van der Waals surface area contributed by atoms with Gasteiger partial charge < -0.3 is 10.2 Å². The van der Waals surface area contributed by atoms with Crippen LogP contribution in [-0.4, -0.2) is 31.4 Å². The molecule has 0 bridgehead atoms. The maximum absolute atomic E-state index is 11.3. The van der Waals surface area contributed by atoms with E-state index in [1.807, 2.05) is 30.3 Å². The molecule has 1 N–H and O–H groups in total. The Labute approximate surface area is 91.1 Å². The highest BCUT2D eigenvalue weighted by Crippen LogP contribution is 2.05. The minimum absolute atomic E-state index is 0.185. The number of nitrogens with one attached hydrogen (secondary N) is 1. The van der Waals surface area contributed by atoms with Gasteiger partial charge in [-0.25, -0.2) is 0 Å². The summed E-state index contributed by atoms with van der Waals surface area (Å²) in [6.07, 6.45) is 1.47. The van der Waals surface area contributed by atoms with Crippen molar-refractivity contribution in [1.82, 2.24) is 4.90 Å². The molecular weight excluding hydrogens is 188 g/mol. The Morgan fingerprint density at radius 3 is 2.53 bits per heavy atom. The van der Waals surface area contributed by atoms with Gasteiger partial charge in [0.2, 0.25) is 5.91 Å². The molecule has 0 fully saturated rings. The molecule has 0 heterocycles. The fourth-order valence-corrected chi connectivity index (χ4v) is 1.25. The largest absolute Gasteiger partial charge is 0.385 e. The van der Waals surface area contributed by atoms with E-state index in [1.165, 1.54) is 0 Å². The molecule has 0 unspecified atom stereocenters. The number of carbonyl (C=O) groups is 1. The standard InChI is InChI=1S/C12H18N2O/c1-14(2)12(15)9-6-10-13-11-7-4-3-5-8-11/h3-5,7-8,13H,6,9-10H2,1-2H3. The van der Waals surface area contributed by atoms with Crippen molar-refractivity contribution in [3.63, 3.8) is 0 Å². The second-order valence-corrected chi connectivity index (χ2v) is 3.68. The van der Waals surface area contributed by atoms with E-state index < -0.39 is 0 Å². The van der Waals surface area contributed by atoms with Crippen molar-refractivity contribution in [3.05, 3.63) is 30.3 Å². The number of rotatable bonds is 5. The second kappa shape index (κ2) is 6.06. The fourth-order valence-electron chi connectivity index (χ4n) is 1.25. The number of hydrogen-bond acceptors (Lipinski definition) is 2. The third-order valence-corrected chi connectivity index (χ3v) is 2.17. The van der Waals surface area contributed by atoms with Gasteiger partial charge in [-0.05, 0) is 18.6 Å². The van der Waals surface area contributed by atoms with Crippen molar-refractivity contribution in [1.29, 1.82) is 0 Å². The molecule has 0 aromatic heterocycles. The summed E-state index contributed by atoms with van der Waals surface area (Å²) < 4.78 is 0. The van der Waals surface area contributed by atoms with Gasteiger partial charge in [0.25, 0.3) is 0 Å². The van der Waals surface area contributed by atoms with Gasteiger partial charge in [0.15, 0.2) is 0 Å². The number of benzene rings is 1. The first-order valence-corrected chi connectivity index (χ1v) is 5.19. The van der Waals surface area contributed by atoms with E-state index in [4.69, 9.17) is 0 Å². The van der Waals surface area contributed by atoms with Gasteiger partial charge in [-0.15, -0.1) is 0 Å². The molecule has 0 aliphatic carbocycles. The van der Waals surface area contributed by atoms with Crippen LogP contribution >= 0.6 is 0 Å². The third kappa shape index (κ3) is 4.49. The summed E-state index contributed by atoms with van der Waals surface area (Å²) >= 11 is 0. The van der Waals surface area contributed by atoms with Crippen LogP contribution in [0.3, 0.4) is 0 Å². The van der Waals surface area contributed by atoms with E-state index in [-0.39, 0.29) is 5.91 Å². The first-order valence-electron chi connectivity index (χ1n) is 5.19. The monoisotopic (exact) mass is 206 g/mol. The predicted molar refractivity (Wildman–Crippen MR) is 62.9 cm³/mol. The van der Waals surface area contributed by atoms with Crippen LogP contribution in [0.5, 0.6) is 0 Å². The highest BCUT2D eigenvalue weighted by atomic mass is 16.2. The van der Waals surface area contributed by atoms with Gasteiger partial charge in [-0.2, -0.15) is 0 Å². The third-order valence-electron chi connectivity index (χ3n) is 2.17. The lowest BCUT2D eigenvalue weighted by molar-refractivity contribution is -0.128. The molecule has 3 nitrogen and oxygen atoms in total. The summed E-state index contributed by atoms with van der Waals surface area (Å²) in [5.41, 5.74) is 1.11. The van der Waals surface area contributed by atoms with Crippen LogP contribution in [0.4, 0.5) is 5.69 Å². The summed E-state index contributed by atoms with van der Waals surface area (Å²) in [6, 6.07) is 10.0. The highest BCUT2D eigenvalue weighted by Gasteiger charge is 2.02. The normalized spacial score (nSPS) is 9.73. The molecule has 0 spiro atoms. The molecule has 0 saturated heterocycles. The lowest BCUT2D eigenvalue weighted by Crippen LogP contribution is -2.21. The summed E-state index contributed by atoms with van der Waals surface area (Å²) in [4.78, 5) is 12.9. The number of para-hydroxylation sites is 1. The lowest BCUT2D eigenvalue weighted by atomic mass is 10.2. The van der Waals surface area contributed by atoms with E-state index in [9.17, 15) is 4.79 Å². The molecule has 0 saturated carbocycles. The Hall–Kier alpha value is -1.51. The number of hydrogen-bond donors (Lipinski definition) is 1. The second-order valence-electron chi connectivity index (χ2n) is 3.68. The highest BCUT2D eigenvalue weighted by molar-refractivity contribution is 5.75. The van der Waals surface area contributed by atoms with Crippen molar-refractivity contribution in [2.24, 2.45) is 0 Å². The van der Waals surface area contributed by atoms with Crippen molar-refractivity contribution < 1.29 is 4.79 Å². The quantitative estimate of drug-likeness (QED) is 0.747. The van der Waals surface area contributed by atoms with Crippen molar-refractivity contribution in [3.8, 4) is 0 Å². The summed E-state index contributed by atoms with van der Waals surface area (Å²) in [5.74, 6) is 0.185. The number of carbonyl (C=O) groups excluding carboxylic acids is 1. The minimum atomic E-state index is 0.185. The number of amides is 1. The van der Waals surface area contributed by atoms with Crippen LogP contribution < -0.4 is 5.32 Å². The Morgan fingerprint density at radius 2 is 1.93 bits per heavy atom.